The molecule has 1 atom stereocenters. The Hall–Kier alpha value is -3.14. The molecular weight excluding hydrogens is 444 g/mol. The Morgan fingerprint density at radius 3 is 2.61 bits per heavy atom. The monoisotopic (exact) mass is 488 g/mol. The van der Waals surface area contributed by atoms with Crippen molar-refractivity contribution in [2.45, 2.75) is 67.2 Å². The Morgan fingerprint density at radius 2 is 1.86 bits per heavy atom. The first-order chi connectivity index (χ1) is 17.1. The SMILES string of the molecule is CC1=C(/C=C/C(C)=C/C=C/C(C)=C/C(=O)NCCNC(=O)C2=C/C=C\C(C)CC=C2)C(C)(C)CCC1. The van der Waals surface area contributed by atoms with Crippen LogP contribution in [0, 0.1) is 11.3 Å². The second kappa shape index (κ2) is 14.4. The number of nitrogens with one attached hydrogen (secondary N) is 2. The second-order valence-electron chi connectivity index (χ2n) is 10.6. The minimum atomic E-state index is -0.170. The van der Waals surface area contributed by atoms with Crippen molar-refractivity contribution in [3.63, 3.8) is 0 Å². The van der Waals surface area contributed by atoms with Crippen LogP contribution in [-0.2, 0) is 9.59 Å². The van der Waals surface area contributed by atoms with Gasteiger partial charge in [0.25, 0.3) is 5.91 Å². The van der Waals surface area contributed by atoms with Crippen LogP contribution in [0.2, 0.25) is 0 Å². The van der Waals surface area contributed by atoms with Crippen LogP contribution in [0.15, 0.2) is 94.7 Å². The molecule has 194 valence electrons. The number of carbonyl (C=O) groups excluding carboxylic acids is 2. The molecule has 2 N–H and O–H groups in total. The molecule has 0 aromatic rings. The first-order valence-corrected chi connectivity index (χ1v) is 13.1. The van der Waals surface area contributed by atoms with Crippen molar-refractivity contribution in [2.24, 2.45) is 11.3 Å². The molecule has 0 saturated carbocycles. The molecule has 0 aliphatic heterocycles. The van der Waals surface area contributed by atoms with Gasteiger partial charge in [-0.25, -0.2) is 0 Å². The largest absolute Gasteiger partial charge is 0.351 e. The maximum atomic E-state index is 12.3. The summed E-state index contributed by atoms with van der Waals surface area (Å²) in [4.78, 5) is 24.5. The van der Waals surface area contributed by atoms with E-state index in [1.165, 1.54) is 36.0 Å². The summed E-state index contributed by atoms with van der Waals surface area (Å²) in [5.74, 6) is 0.168. The van der Waals surface area contributed by atoms with Gasteiger partial charge in [-0.15, -0.1) is 0 Å². The molecular formula is C32H44N2O2. The van der Waals surface area contributed by atoms with Crippen LogP contribution in [0.25, 0.3) is 0 Å². The van der Waals surface area contributed by atoms with Crippen molar-refractivity contribution in [2.75, 3.05) is 13.1 Å². The molecule has 1 unspecified atom stereocenters. The van der Waals surface area contributed by atoms with Gasteiger partial charge in [0.05, 0.1) is 0 Å². The minimum absolute atomic E-state index is 0.135. The number of rotatable bonds is 9. The van der Waals surface area contributed by atoms with Gasteiger partial charge in [0.1, 0.15) is 0 Å². The molecule has 4 nitrogen and oxygen atoms in total. The van der Waals surface area contributed by atoms with Crippen LogP contribution in [0.3, 0.4) is 0 Å². The Bertz CT molecular complexity index is 1040. The summed E-state index contributed by atoms with van der Waals surface area (Å²) in [5, 5.41) is 5.67. The standard InChI is InChI=1S/C32H44N2O2/c1-24-12-8-16-28(17-9-13-24)31(36)34-22-21-33-30(35)23-26(3)14-7-11-25(2)18-19-29-27(4)15-10-20-32(29,5)6/h7-9,11-12,14,16-19,23-24H,10,13,15,20-22H2,1-6H3,(H,33,35)(H,34,36)/b12-8-,14-7+,17-9?,19-18+,25-11+,26-23+,28-16?. The number of allylic oxidation sites excluding steroid dienone is 13. The maximum Gasteiger partial charge on any atom is 0.251 e. The molecule has 0 radical (unpaired) electrons. The highest BCUT2D eigenvalue weighted by molar-refractivity contribution is 5.96. The third-order valence-electron chi connectivity index (χ3n) is 6.63. The number of hydrogen-bond acceptors (Lipinski definition) is 2. The lowest BCUT2D eigenvalue weighted by Crippen LogP contribution is -2.34. The Balaban J connectivity index is 1.78. The summed E-state index contributed by atoms with van der Waals surface area (Å²) in [6.07, 6.45) is 26.3. The van der Waals surface area contributed by atoms with Crippen molar-refractivity contribution < 1.29 is 9.59 Å². The summed E-state index contributed by atoms with van der Waals surface area (Å²) in [6.45, 7) is 13.8. The average molecular weight is 489 g/mol. The summed E-state index contributed by atoms with van der Waals surface area (Å²) in [5.41, 5.74) is 5.85. The van der Waals surface area contributed by atoms with Gasteiger partial charge >= 0.3 is 0 Å². The van der Waals surface area contributed by atoms with E-state index in [1.807, 2.05) is 43.4 Å². The summed E-state index contributed by atoms with van der Waals surface area (Å²) < 4.78 is 0. The van der Waals surface area contributed by atoms with Crippen molar-refractivity contribution in [1.29, 1.82) is 0 Å². The zero-order chi connectivity index (χ0) is 26.6. The number of hydrogen-bond donors (Lipinski definition) is 2. The third-order valence-corrected chi connectivity index (χ3v) is 6.63. The molecule has 2 rings (SSSR count). The minimum Gasteiger partial charge on any atom is -0.351 e. The van der Waals surface area contributed by atoms with Gasteiger partial charge in [0, 0.05) is 24.7 Å². The molecule has 0 aromatic heterocycles. The van der Waals surface area contributed by atoms with Crippen molar-refractivity contribution in [1.82, 2.24) is 10.6 Å². The lowest BCUT2D eigenvalue weighted by molar-refractivity contribution is -0.118. The van der Waals surface area contributed by atoms with Crippen molar-refractivity contribution >= 4 is 11.8 Å². The van der Waals surface area contributed by atoms with E-state index in [0.717, 1.165) is 12.0 Å². The van der Waals surface area contributed by atoms with Crippen LogP contribution in [0.5, 0.6) is 0 Å². The van der Waals surface area contributed by atoms with Gasteiger partial charge in [-0.2, -0.15) is 0 Å². The molecule has 0 heterocycles. The molecule has 2 amide bonds. The van der Waals surface area contributed by atoms with E-state index < -0.39 is 0 Å². The van der Waals surface area contributed by atoms with Crippen LogP contribution in [0.4, 0.5) is 0 Å². The number of amides is 2. The van der Waals surface area contributed by atoms with Crippen molar-refractivity contribution in [3.8, 4) is 0 Å². The van der Waals surface area contributed by atoms with E-state index >= 15 is 0 Å². The summed E-state index contributed by atoms with van der Waals surface area (Å²) in [6, 6.07) is 0. The van der Waals surface area contributed by atoms with Crippen molar-refractivity contribution in [3.05, 3.63) is 94.7 Å². The van der Waals surface area contributed by atoms with Gasteiger partial charge in [-0.1, -0.05) is 86.6 Å². The van der Waals surface area contributed by atoms with E-state index in [0.29, 0.717) is 24.6 Å². The molecule has 36 heavy (non-hydrogen) atoms. The molecule has 2 aliphatic carbocycles. The topological polar surface area (TPSA) is 58.2 Å². The van der Waals surface area contributed by atoms with Gasteiger partial charge in [0.2, 0.25) is 5.91 Å². The third kappa shape index (κ3) is 10.2. The summed E-state index contributed by atoms with van der Waals surface area (Å²) >= 11 is 0. The molecule has 4 heteroatoms. The fraction of sp³-hybridized carbons (Fsp3) is 0.438. The van der Waals surface area contributed by atoms with E-state index in [1.54, 1.807) is 6.08 Å². The highest BCUT2D eigenvalue weighted by atomic mass is 16.2. The maximum absolute atomic E-state index is 12.3. The van der Waals surface area contributed by atoms with Crippen LogP contribution in [-0.4, -0.2) is 24.9 Å². The first-order valence-electron chi connectivity index (χ1n) is 13.1. The smallest absolute Gasteiger partial charge is 0.251 e. The van der Waals surface area contributed by atoms with E-state index in [4.69, 9.17) is 0 Å². The molecule has 2 aliphatic rings. The van der Waals surface area contributed by atoms with Crippen LogP contribution >= 0.6 is 0 Å². The van der Waals surface area contributed by atoms with Gasteiger partial charge in [-0.05, 0) is 75.0 Å². The van der Waals surface area contributed by atoms with Crippen LogP contribution < -0.4 is 10.6 Å². The second-order valence-corrected chi connectivity index (χ2v) is 10.6. The molecule has 0 aromatic carbocycles. The lowest BCUT2D eigenvalue weighted by Gasteiger charge is -2.32. The highest BCUT2D eigenvalue weighted by Gasteiger charge is 2.26. The van der Waals surface area contributed by atoms with E-state index in [-0.39, 0.29) is 17.2 Å². The fourth-order valence-electron chi connectivity index (χ4n) is 4.45. The normalized spacial score (nSPS) is 21.8. The molecule has 0 fully saturated rings. The Labute approximate surface area is 218 Å². The van der Waals surface area contributed by atoms with Crippen LogP contribution in [0.1, 0.15) is 67.2 Å². The average Bonchev–Trinajstić information content (AvgIpc) is 2.78. The quantitative estimate of drug-likeness (QED) is 0.212. The van der Waals surface area contributed by atoms with E-state index in [9.17, 15) is 9.59 Å². The summed E-state index contributed by atoms with van der Waals surface area (Å²) in [7, 11) is 0. The molecule has 0 spiro atoms. The zero-order valence-corrected chi connectivity index (χ0v) is 23.0. The van der Waals surface area contributed by atoms with E-state index in [2.05, 4.69) is 69.6 Å². The zero-order valence-electron chi connectivity index (χ0n) is 23.0. The predicted molar refractivity (Wildman–Crippen MR) is 152 cm³/mol. The Kier molecular flexibility index (Phi) is 11.7. The number of carbonyl (C=O) groups is 2. The molecule has 0 saturated heterocycles. The van der Waals surface area contributed by atoms with Gasteiger partial charge in [-0.3, -0.25) is 9.59 Å². The first kappa shape index (κ1) is 29.1. The lowest BCUT2D eigenvalue weighted by atomic mass is 9.72. The Morgan fingerprint density at radius 1 is 1.11 bits per heavy atom. The molecule has 0 bridgehead atoms. The fourth-order valence-corrected chi connectivity index (χ4v) is 4.45. The van der Waals surface area contributed by atoms with Gasteiger partial charge in [0.15, 0.2) is 0 Å². The predicted octanol–water partition coefficient (Wildman–Crippen LogP) is 6.83. The highest BCUT2D eigenvalue weighted by Crippen LogP contribution is 2.40. The van der Waals surface area contributed by atoms with Gasteiger partial charge < -0.3 is 10.6 Å².